The molecule has 1 aromatic rings. The molecule has 0 atom stereocenters. The van der Waals surface area contributed by atoms with Crippen LogP contribution in [0.15, 0.2) is 0 Å². The Hall–Kier alpha value is -1.14. The first kappa shape index (κ1) is 15.3. The van der Waals surface area contributed by atoms with Crippen molar-refractivity contribution in [2.24, 2.45) is 0 Å². The number of halogens is 1. The highest BCUT2D eigenvalue weighted by molar-refractivity contribution is 6.28. The Balaban J connectivity index is 1.94. The number of hydrogen-bond acceptors (Lipinski definition) is 6. The van der Waals surface area contributed by atoms with Gasteiger partial charge >= 0.3 is 0 Å². The molecule has 1 aromatic heterocycles. The molecule has 7 heteroatoms. The summed E-state index contributed by atoms with van der Waals surface area (Å²) in [7, 11) is 2.10. The topological polar surface area (TPSA) is 57.2 Å². The van der Waals surface area contributed by atoms with Crippen LogP contribution < -0.4 is 10.2 Å². The Bertz CT molecular complexity index is 433. The number of likely N-dealkylation sites (N-methyl/N-ethyl adjacent to an activating group) is 1. The molecular formula is C13H23ClN6. The first-order valence-corrected chi connectivity index (χ1v) is 7.54. The van der Waals surface area contributed by atoms with Crippen LogP contribution in [0.1, 0.15) is 26.7 Å². The fourth-order valence-corrected chi connectivity index (χ4v) is 2.24. The van der Waals surface area contributed by atoms with Crippen LogP contribution >= 0.6 is 11.6 Å². The van der Waals surface area contributed by atoms with E-state index in [-0.39, 0.29) is 5.28 Å². The number of anilines is 2. The minimum Gasteiger partial charge on any atom is -0.353 e. The lowest BCUT2D eigenvalue weighted by Crippen LogP contribution is -2.31. The third kappa shape index (κ3) is 4.18. The summed E-state index contributed by atoms with van der Waals surface area (Å²) in [6.45, 7) is 8.05. The van der Waals surface area contributed by atoms with Gasteiger partial charge in [-0.2, -0.15) is 15.0 Å². The predicted molar refractivity (Wildman–Crippen MR) is 82.5 cm³/mol. The zero-order chi connectivity index (χ0) is 14.5. The van der Waals surface area contributed by atoms with Crippen LogP contribution in [0.2, 0.25) is 5.28 Å². The van der Waals surface area contributed by atoms with E-state index in [2.05, 4.69) is 51.0 Å². The van der Waals surface area contributed by atoms with Gasteiger partial charge in [0.2, 0.25) is 17.2 Å². The average molecular weight is 299 g/mol. The SMILES string of the molecule is CC(C)N(C)CCNc1nc(Cl)nc(N2CCCC2)n1. The molecule has 0 aromatic carbocycles. The molecule has 2 rings (SSSR count). The second-order valence-electron chi connectivity index (χ2n) is 5.42. The molecule has 2 heterocycles. The molecule has 0 spiro atoms. The van der Waals surface area contributed by atoms with Crippen LogP contribution in [-0.2, 0) is 0 Å². The number of rotatable bonds is 6. The maximum Gasteiger partial charge on any atom is 0.231 e. The number of nitrogens with one attached hydrogen (secondary N) is 1. The van der Waals surface area contributed by atoms with Crippen molar-refractivity contribution >= 4 is 23.5 Å². The highest BCUT2D eigenvalue weighted by atomic mass is 35.5. The summed E-state index contributed by atoms with van der Waals surface area (Å²) in [5.41, 5.74) is 0. The summed E-state index contributed by atoms with van der Waals surface area (Å²) >= 11 is 5.98. The summed E-state index contributed by atoms with van der Waals surface area (Å²) in [6.07, 6.45) is 2.37. The summed E-state index contributed by atoms with van der Waals surface area (Å²) in [6, 6.07) is 0.527. The highest BCUT2D eigenvalue weighted by Crippen LogP contribution is 2.18. The first-order chi connectivity index (χ1) is 9.56. The zero-order valence-electron chi connectivity index (χ0n) is 12.4. The molecule has 112 valence electrons. The van der Waals surface area contributed by atoms with Gasteiger partial charge in [-0.1, -0.05) is 0 Å². The van der Waals surface area contributed by atoms with Crippen molar-refractivity contribution in [3.8, 4) is 0 Å². The smallest absolute Gasteiger partial charge is 0.231 e. The van der Waals surface area contributed by atoms with E-state index in [4.69, 9.17) is 11.6 Å². The van der Waals surface area contributed by atoms with Crippen molar-refractivity contribution < 1.29 is 0 Å². The predicted octanol–water partition coefficient (Wildman–Crippen LogP) is 1.88. The van der Waals surface area contributed by atoms with Gasteiger partial charge in [0.05, 0.1) is 0 Å². The third-order valence-electron chi connectivity index (χ3n) is 3.61. The molecule has 0 unspecified atom stereocenters. The van der Waals surface area contributed by atoms with Crippen LogP contribution in [0.4, 0.5) is 11.9 Å². The maximum absolute atomic E-state index is 5.98. The first-order valence-electron chi connectivity index (χ1n) is 7.17. The van der Waals surface area contributed by atoms with Crippen LogP contribution in [0, 0.1) is 0 Å². The quantitative estimate of drug-likeness (QED) is 0.865. The highest BCUT2D eigenvalue weighted by Gasteiger charge is 2.16. The maximum atomic E-state index is 5.98. The third-order valence-corrected chi connectivity index (χ3v) is 3.78. The monoisotopic (exact) mass is 298 g/mol. The van der Waals surface area contributed by atoms with Gasteiger partial charge in [-0.15, -0.1) is 0 Å². The number of hydrogen-bond donors (Lipinski definition) is 1. The van der Waals surface area contributed by atoms with Crippen molar-refractivity contribution in [1.29, 1.82) is 0 Å². The molecule has 1 aliphatic rings. The molecule has 20 heavy (non-hydrogen) atoms. The van der Waals surface area contributed by atoms with Crippen molar-refractivity contribution in [1.82, 2.24) is 19.9 Å². The molecule has 6 nitrogen and oxygen atoms in total. The number of nitrogens with zero attached hydrogens (tertiary/aromatic N) is 5. The van der Waals surface area contributed by atoms with Gasteiger partial charge in [0, 0.05) is 32.2 Å². The van der Waals surface area contributed by atoms with E-state index in [1.165, 1.54) is 12.8 Å². The van der Waals surface area contributed by atoms with Gasteiger partial charge < -0.3 is 15.1 Å². The molecule has 0 saturated carbocycles. The van der Waals surface area contributed by atoms with Crippen molar-refractivity contribution in [2.75, 3.05) is 43.4 Å². The number of aromatic nitrogens is 3. The van der Waals surface area contributed by atoms with Gasteiger partial charge in [0.1, 0.15) is 0 Å². The van der Waals surface area contributed by atoms with Crippen LogP contribution in [0.25, 0.3) is 0 Å². The van der Waals surface area contributed by atoms with E-state index in [0.29, 0.717) is 17.9 Å². The molecule has 0 amide bonds. The van der Waals surface area contributed by atoms with Gasteiger partial charge in [-0.05, 0) is 45.3 Å². The average Bonchev–Trinajstić information content (AvgIpc) is 2.91. The fraction of sp³-hybridized carbons (Fsp3) is 0.769. The minimum atomic E-state index is 0.251. The Morgan fingerprint density at radius 3 is 2.60 bits per heavy atom. The largest absolute Gasteiger partial charge is 0.353 e. The van der Waals surface area contributed by atoms with Crippen LogP contribution in [-0.4, -0.2) is 59.1 Å². The molecule has 0 radical (unpaired) electrons. The molecule has 1 aliphatic heterocycles. The zero-order valence-corrected chi connectivity index (χ0v) is 13.2. The van der Waals surface area contributed by atoms with E-state index in [1.807, 2.05) is 0 Å². The second kappa shape index (κ2) is 7.04. The Morgan fingerprint density at radius 1 is 1.25 bits per heavy atom. The normalized spacial score (nSPS) is 15.4. The van der Waals surface area contributed by atoms with Crippen molar-refractivity contribution in [2.45, 2.75) is 32.7 Å². The van der Waals surface area contributed by atoms with E-state index < -0.39 is 0 Å². The Morgan fingerprint density at radius 2 is 1.95 bits per heavy atom. The van der Waals surface area contributed by atoms with E-state index in [1.54, 1.807) is 0 Å². The van der Waals surface area contributed by atoms with E-state index in [9.17, 15) is 0 Å². The molecule has 1 saturated heterocycles. The fourth-order valence-electron chi connectivity index (χ4n) is 2.08. The van der Waals surface area contributed by atoms with Gasteiger partial charge in [0.15, 0.2) is 0 Å². The van der Waals surface area contributed by atoms with Gasteiger partial charge in [-0.25, -0.2) is 0 Å². The summed E-state index contributed by atoms with van der Waals surface area (Å²) in [5, 5.41) is 3.47. The van der Waals surface area contributed by atoms with E-state index >= 15 is 0 Å². The van der Waals surface area contributed by atoms with Gasteiger partial charge in [0.25, 0.3) is 0 Å². The summed E-state index contributed by atoms with van der Waals surface area (Å²) < 4.78 is 0. The van der Waals surface area contributed by atoms with Crippen LogP contribution in [0.3, 0.4) is 0 Å². The summed E-state index contributed by atoms with van der Waals surface area (Å²) in [4.78, 5) is 17.2. The second-order valence-corrected chi connectivity index (χ2v) is 5.76. The van der Waals surface area contributed by atoms with Gasteiger partial charge in [-0.3, -0.25) is 0 Å². The molecule has 1 N–H and O–H groups in total. The Labute approximate surface area is 125 Å². The molecule has 0 bridgehead atoms. The Kier molecular flexibility index (Phi) is 5.37. The lowest BCUT2D eigenvalue weighted by atomic mass is 10.3. The molecule has 1 fully saturated rings. The lowest BCUT2D eigenvalue weighted by Gasteiger charge is -2.21. The molecular weight excluding hydrogens is 276 g/mol. The minimum absolute atomic E-state index is 0.251. The summed E-state index contributed by atoms with van der Waals surface area (Å²) in [5.74, 6) is 1.24. The lowest BCUT2D eigenvalue weighted by molar-refractivity contribution is 0.284. The molecule has 0 aliphatic carbocycles. The van der Waals surface area contributed by atoms with Crippen molar-refractivity contribution in [3.05, 3.63) is 5.28 Å². The standard InChI is InChI=1S/C13H23ClN6/c1-10(2)19(3)9-6-15-12-16-11(14)17-13(18-12)20-7-4-5-8-20/h10H,4-9H2,1-3H3,(H,15,16,17,18). The van der Waals surface area contributed by atoms with Crippen molar-refractivity contribution in [3.63, 3.8) is 0 Å². The van der Waals surface area contributed by atoms with Crippen LogP contribution in [0.5, 0.6) is 0 Å². The van der Waals surface area contributed by atoms with E-state index in [0.717, 1.165) is 26.2 Å².